The van der Waals surface area contributed by atoms with E-state index in [0.29, 0.717) is 6.04 Å². The van der Waals surface area contributed by atoms with E-state index in [1.807, 2.05) is 0 Å². The Kier molecular flexibility index (Phi) is 9.11. The molecular formula is C23H32Cl2N2. The van der Waals surface area contributed by atoms with E-state index in [4.69, 9.17) is 0 Å². The highest BCUT2D eigenvalue weighted by molar-refractivity contribution is 5.85. The average Bonchev–Trinajstić information content (AvgIpc) is 2.69. The third-order valence-electron chi connectivity index (χ3n) is 5.97. The van der Waals surface area contributed by atoms with Gasteiger partial charge in [-0.25, -0.2) is 0 Å². The topological polar surface area (TPSA) is 6.48 Å². The van der Waals surface area contributed by atoms with Crippen molar-refractivity contribution in [3.63, 3.8) is 0 Å². The van der Waals surface area contributed by atoms with Gasteiger partial charge in [0.25, 0.3) is 0 Å². The number of fused-ring (bicyclic) bond motifs is 1. The van der Waals surface area contributed by atoms with Crippen molar-refractivity contribution in [2.24, 2.45) is 0 Å². The molecular weight excluding hydrogens is 375 g/mol. The largest absolute Gasteiger partial charge is 0.301 e. The van der Waals surface area contributed by atoms with E-state index in [9.17, 15) is 0 Å². The summed E-state index contributed by atoms with van der Waals surface area (Å²) in [5.74, 6) is 0. The predicted octanol–water partition coefficient (Wildman–Crippen LogP) is 5.16. The fourth-order valence-corrected chi connectivity index (χ4v) is 4.56. The van der Waals surface area contributed by atoms with Crippen molar-refractivity contribution in [3.8, 4) is 0 Å². The minimum atomic E-state index is 0. The van der Waals surface area contributed by atoms with Crippen molar-refractivity contribution < 1.29 is 0 Å². The molecule has 1 saturated heterocycles. The van der Waals surface area contributed by atoms with E-state index in [2.05, 4.69) is 64.4 Å². The van der Waals surface area contributed by atoms with Gasteiger partial charge >= 0.3 is 0 Å². The molecule has 0 radical (unpaired) electrons. The van der Waals surface area contributed by atoms with E-state index in [1.54, 1.807) is 11.1 Å². The normalized spacial score (nSPS) is 20.2. The molecule has 27 heavy (non-hydrogen) atoms. The SMILES string of the molecule is Cl.Cl.c1ccc(CCCN2CCN([C@@H]3CCCc4ccccc43)CC2)cc1. The lowest BCUT2D eigenvalue weighted by Gasteiger charge is -2.41. The van der Waals surface area contributed by atoms with Crippen LogP contribution in [0.25, 0.3) is 0 Å². The Bertz CT molecular complexity index is 669. The predicted molar refractivity (Wildman–Crippen MR) is 119 cm³/mol. The Morgan fingerprint density at radius 3 is 2.30 bits per heavy atom. The Hall–Kier alpha value is -1.06. The third kappa shape index (κ3) is 5.71. The second-order valence-electron chi connectivity index (χ2n) is 7.57. The van der Waals surface area contributed by atoms with Crippen molar-refractivity contribution in [2.75, 3.05) is 32.7 Å². The minimum absolute atomic E-state index is 0. The number of hydrogen-bond acceptors (Lipinski definition) is 2. The molecule has 0 aromatic heterocycles. The molecule has 2 aromatic carbocycles. The number of nitrogens with zero attached hydrogens (tertiary/aromatic N) is 2. The number of benzene rings is 2. The van der Waals surface area contributed by atoms with Crippen LogP contribution in [0.3, 0.4) is 0 Å². The van der Waals surface area contributed by atoms with Gasteiger partial charge < -0.3 is 4.90 Å². The first-order valence-electron chi connectivity index (χ1n) is 9.98. The summed E-state index contributed by atoms with van der Waals surface area (Å²) in [6, 6.07) is 20.7. The maximum Gasteiger partial charge on any atom is 0.0352 e. The zero-order valence-corrected chi connectivity index (χ0v) is 17.7. The van der Waals surface area contributed by atoms with Gasteiger partial charge in [-0.15, -0.1) is 24.8 Å². The quantitative estimate of drug-likeness (QED) is 0.676. The molecule has 1 fully saturated rings. The van der Waals surface area contributed by atoms with Crippen LogP contribution in [0, 0.1) is 0 Å². The van der Waals surface area contributed by atoms with Gasteiger partial charge in [-0.1, -0.05) is 54.6 Å². The molecule has 0 N–H and O–H groups in total. The summed E-state index contributed by atoms with van der Waals surface area (Å²) in [5, 5.41) is 0. The zero-order valence-electron chi connectivity index (χ0n) is 16.1. The smallest absolute Gasteiger partial charge is 0.0352 e. The maximum atomic E-state index is 2.74. The Morgan fingerprint density at radius 1 is 0.815 bits per heavy atom. The fourth-order valence-electron chi connectivity index (χ4n) is 4.56. The van der Waals surface area contributed by atoms with E-state index in [-0.39, 0.29) is 24.8 Å². The molecule has 4 rings (SSSR count). The Balaban J connectivity index is 0.00000131. The molecule has 0 amide bonds. The molecule has 0 spiro atoms. The van der Waals surface area contributed by atoms with Crippen LogP contribution >= 0.6 is 24.8 Å². The van der Waals surface area contributed by atoms with Crippen LogP contribution < -0.4 is 0 Å². The van der Waals surface area contributed by atoms with Gasteiger partial charge in [-0.3, -0.25) is 4.90 Å². The molecule has 1 atom stereocenters. The van der Waals surface area contributed by atoms with Gasteiger partial charge in [0.15, 0.2) is 0 Å². The first kappa shape index (κ1) is 22.2. The zero-order chi connectivity index (χ0) is 16.9. The molecule has 0 unspecified atom stereocenters. The van der Waals surface area contributed by atoms with Crippen molar-refractivity contribution in [1.29, 1.82) is 0 Å². The molecule has 2 aromatic rings. The highest BCUT2D eigenvalue weighted by atomic mass is 35.5. The Labute approximate surface area is 176 Å². The van der Waals surface area contributed by atoms with Crippen LogP contribution in [-0.2, 0) is 12.8 Å². The van der Waals surface area contributed by atoms with Crippen molar-refractivity contribution >= 4 is 24.8 Å². The standard InChI is InChI=1S/C23H30N2.2ClH/c1-2-8-20(9-3-1)10-7-15-24-16-18-25(19-17-24)23-14-6-12-21-11-4-5-13-22(21)23;;/h1-5,8-9,11,13,23H,6-7,10,12,14-19H2;2*1H/t23-;;/m1../s1. The van der Waals surface area contributed by atoms with Crippen LogP contribution in [0.2, 0.25) is 0 Å². The number of hydrogen-bond donors (Lipinski definition) is 0. The summed E-state index contributed by atoms with van der Waals surface area (Å²) in [5.41, 5.74) is 4.66. The summed E-state index contributed by atoms with van der Waals surface area (Å²) < 4.78 is 0. The van der Waals surface area contributed by atoms with Crippen LogP contribution in [-0.4, -0.2) is 42.5 Å². The van der Waals surface area contributed by atoms with Crippen LogP contribution in [0.1, 0.15) is 42.0 Å². The lowest BCUT2D eigenvalue weighted by Crippen LogP contribution is -2.48. The summed E-state index contributed by atoms with van der Waals surface area (Å²) in [6.07, 6.45) is 6.43. The van der Waals surface area contributed by atoms with E-state index < -0.39 is 0 Å². The molecule has 1 heterocycles. The highest BCUT2D eigenvalue weighted by Crippen LogP contribution is 2.34. The monoisotopic (exact) mass is 406 g/mol. The number of aryl methyl sites for hydroxylation is 2. The van der Waals surface area contributed by atoms with Gasteiger partial charge in [0.2, 0.25) is 0 Å². The van der Waals surface area contributed by atoms with Gasteiger partial charge in [-0.2, -0.15) is 0 Å². The molecule has 1 aliphatic heterocycles. The lowest BCUT2D eigenvalue weighted by atomic mass is 9.86. The summed E-state index contributed by atoms with van der Waals surface area (Å²) in [4.78, 5) is 5.40. The number of rotatable bonds is 5. The van der Waals surface area contributed by atoms with Crippen molar-refractivity contribution in [3.05, 3.63) is 71.3 Å². The van der Waals surface area contributed by atoms with Gasteiger partial charge in [-0.05, 0) is 55.3 Å². The van der Waals surface area contributed by atoms with Gasteiger partial charge in [0, 0.05) is 32.2 Å². The molecule has 2 aliphatic rings. The first-order valence-corrected chi connectivity index (χ1v) is 9.98. The average molecular weight is 407 g/mol. The first-order chi connectivity index (χ1) is 12.4. The van der Waals surface area contributed by atoms with Crippen LogP contribution in [0.5, 0.6) is 0 Å². The summed E-state index contributed by atoms with van der Waals surface area (Å²) >= 11 is 0. The fraction of sp³-hybridized carbons (Fsp3) is 0.478. The number of piperazine rings is 1. The highest BCUT2D eigenvalue weighted by Gasteiger charge is 2.28. The van der Waals surface area contributed by atoms with Gasteiger partial charge in [0.05, 0.1) is 0 Å². The number of halogens is 2. The second kappa shape index (κ2) is 11.1. The van der Waals surface area contributed by atoms with E-state index >= 15 is 0 Å². The van der Waals surface area contributed by atoms with Crippen molar-refractivity contribution in [2.45, 2.75) is 38.1 Å². The molecule has 148 valence electrons. The summed E-state index contributed by atoms with van der Waals surface area (Å²) in [7, 11) is 0. The van der Waals surface area contributed by atoms with Crippen LogP contribution in [0.4, 0.5) is 0 Å². The van der Waals surface area contributed by atoms with E-state index in [1.165, 1.54) is 70.4 Å². The van der Waals surface area contributed by atoms with Crippen molar-refractivity contribution in [1.82, 2.24) is 9.80 Å². The maximum absolute atomic E-state index is 2.74. The molecule has 4 heteroatoms. The molecule has 1 aliphatic carbocycles. The Morgan fingerprint density at radius 2 is 1.52 bits per heavy atom. The molecule has 0 bridgehead atoms. The van der Waals surface area contributed by atoms with Crippen LogP contribution in [0.15, 0.2) is 54.6 Å². The third-order valence-corrected chi connectivity index (χ3v) is 5.97. The van der Waals surface area contributed by atoms with Gasteiger partial charge in [0.1, 0.15) is 0 Å². The lowest BCUT2D eigenvalue weighted by molar-refractivity contribution is 0.0875. The van der Waals surface area contributed by atoms with E-state index in [0.717, 1.165) is 0 Å². The molecule has 0 saturated carbocycles. The molecule has 2 nitrogen and oxygen atoms in total. The second-order valence-corrected chi connectivity index (χ2v) is 7.57. The summed E-state index contributed by atoms with van der Waals surface area (Å²) in [6.45, 7) is 6.15. The minimum Gasteiger partial charge on any atom is -0.301 e.